The van der Waals surface area contributed by atoms with Gasteiger partial charge in [-0.15, -0.1) is 0 Å². The molecular formula is C16H21N5O2. The number of rotatable bonds is 4. The quantitative estimate of drug-likeness (QED) is 0.774. The summed E-state index contributed by atoms with van der Waals surface area (Å²) in [6.07, 6.45) is 0.977. The van der Waals surface area contributed by atoms with Crippen LogP contribution in [0.3, 0.4) is 0 Å². The van der Waals surface area contributed by atoms with Gasteiger partial charge in [0, 0.05) is 25.8 Å². The van der Waals surface area contributed by atoms with Crippen LogP contribution in [0.1, 0.15) is 12.7 Å². The Balaban J connectivity index is 1.37. The van der Waals surface area contributed by atoms with Gasteiger partial charge in [-0.2, -0.15) is 0 Å². The maximum Gasteiger partial charge on any atom is 0.251 e. The van der Waals surface area contributed by atoms with Gasteiger partial charge in [-0.25, -0.2) is 9.97 Å². The van der Waals surface area contributed by atoms with Gasteiger partial charge in [0.25, 0.3) is 5.91 Å². The molecule has 1 aliphatic carbocycles. The molecule has 1 saturated carbocycles. The highest BCUT2D eigenvalue weighted by Crippen LogP contribution is 2.51. The molecule has 4 atom stereocenters. The number of aromatic nitrogens is 3. The van der Waals surface area contributed by atoms with Crippen molar-refractivity contribution in [3.05, 3.63) is 18.1 Å². The van der Waals surface area contributed by atoms with Gasteiger partial charge >= 0.3 is 0 Å². The number of hydrogen-bond acceptors (Lipinski definition) is 5. The molecule has 4 rings (SSSR count). The molecular weight excluding hydrogens is 294 g/mol. The largest absolute Gasteiger partial charge is 0.384 e. The number of aromatic amines is 1. The van der Waals surface area contributed by atoms with Gasteiger partial charge in [-0.1, -0.05) is 0 Å². The van der Waals surface area contributed by atoms with E-state index in [1.807, 2.05) is 19.2 Å². The minimum absolute atomic E-state index is 0.149. The highest BCUT2D eigenvalue weighted by Gasteiger charge is 2.56. The molecule has 2 aromatic heterocycles. The van der Waals surface area contributed by atoms with E-state index in [1.54, 1.807) is 4.90 Å². The van der Waals surface area contributed by atoms with E-state index >= 15 is 0 Å². The Labute approximate surface area is 134 Å². The van der Waals surface area contributed by atoms with Crippen molar-refractivity contribution in [2.75, 3.05) is 25.0 Å². The topological polar surface area (TPSA) is 94.1 Å². The molecule has 1 aliphatic heterocycles. The Kier molecular flexibility index (Phi) is 3.26. The minimum atomic E-state index is -0.894. The number of nitrogens with one attached hydrogen (secondary N) is 2. The molecule has 0 unspecified atom stereocenters. The van der Waals surface area contributed by atoms with E-state index in [0.717, 1.165) is 42.3 Å². The summed E-state index contributed by atoms with van der Waals surface area (Å²) in [7, 11) is 0. The smallest absolute Gasteiger partial charge is 0.251 e. The zero-order valence-electron chi connectivity index (χ0n) is 13.3. The number of hydrogen-bond donors (Lipinski definition) is 3. The molecule has 0 spiro atoms. The fraction of sp³-hybridized carbons (Fsp3) is 0.562. The van der Waals surface area contributed by atoms with Crippen LogP contribution in [0.2, 0.25) is 0 Å². The number of aryl methyl sites for hydroxylation is 1. The highest BCUT2D eigenvalue weighted by molar-refractivity contribution is 5.87. The third-order valence-corrected chi connectivity index (χ3v) is 5.07. The van der Waals surface area contributed by atoms with Gasteiger partial charge in [0.1, 0.15) is 23.4 Å². The Morgan fingerprint density at radius 1 is 1.48 bits per heavy atom. The highest BCUT2D eigenvalue weighted by atomic mass is 16.3. The van der Waals surface area contributed by atoms with Crippen LogP contribution < -0.4 is 5.32 Å². The van der Waals surface area contributed by atoms with E-state index in [1.165, 1.54) is 6.92 Å². The Morgan fingerprint density at radius 2 is 2.22 bits per heavy atom. The van der Waals surface area contributed by atoms with Crippen molar-refractivity contribution in [1.82, 2.24) is 19.9 Å². The lowest BCUT2D eigenvalue weighted by Gasteiger charge is -2.21. The van der Waals surface area contributed by atoms with Gasteiger partial charge in [-0.05, 0) is 37.7 Å². The van der Waals surface area contributed by atoms with Crippen LogP contribution in [0.25, 0.3) is 11.0 Å². The monoisotopic (exact) mass is 315 g/mol. The minimum Gasteiger partial charge on any atom is -0.384 e. The van der Waals surface area contributed by atoms with Gasteiger partial charge in [0.15, 0.2) is 0 Å². The lowest BCUT2D eigenvalue weighted by atomic mass is 10.2. The standard InChI is InChI=1S/C16H21N5O2/c1-8(22)16(23)21-6-12-11(13(12)7-21)5-18-15-10-3-4-17-14(10)19-9(2)20-15/h3-4,8,11-13,22H,5-7H2,1-2H3,(H2,17,18,19,20)/t8-,11-,12+,13-/m0/s1. The van der Waals surface area contributed by atoms with Crippen molar-refractivity contribution in [3.63, 3.8) is 0 Å². The zero-order chi connectivity index (χ0) is 16.1. The number of amides is 1. The van der Waals surface area contributed by atoms with E-state index in [2.05, 4.69) is 20.3 Å². The summed E-state index contributed by atoms with van der Waals surface area (Å²) in [4.78, 5) is 25.6. The van der Waals surface area contributed by atoms with Crippen LogP contribution in [-0.2, 0) is 4.79 Å². The molecule has 7 heteroatoms. The van der Waals surface area contributed by atoms with Crippen LogP contribution in [0.15, 0.2) is 12.3 Å². The average Bonchev–Trinajstić information content (AvgIpc) is 2.91. The van der Waals surface area contributed by atoms with Crippen LogP contribution in [0.5, 0.6) is 0 Å². The summed E-state index contributed by atoms with van der Waals surface area (Å²) in [5.74, 6) is 3.15. The summed E-state index contributed by atoms with van der Waals surface area (Å²) in [6, 6.07) is 1.98. The molecule has 0 aromatic carbocycles. The number of carbonyl (C=O) groups is 1. The Hall–Kier alpha value is -2.15. The lowest BCUT2D eigenvalue weighted by Crippen LogP contribution is -2.38. The molecule has 0 radical (unpaired) electrons. The molecule has 3 N–H and O–H groups in total. The van der Waals surface area contributed by atoms with Gasteiger partial charge in [0.05, 0.1) is 5.39 Å². The van der Waals surface area contributed by atoms with Crippen LogP contribution in [-0.4, -0.2) is 56.6 Å². The summed E-state index contributed by atoms with van der Waals surface area (Å²) in [6.45, 7) is 5.82. The van der Waals surface area contributed by atoms with Crippen molar-refractivity contribution in [1.29, 1.82) is 0 Å². The molecule has 3 heterocycles. The van der Waals surface area contributed by atoms with Crippen molar-refractivity contribution >= 4 is 22.8 Å². The summed E-state index contributed by atoms with van der Waals surface area (Å²) >= 11 is 0. The van der Waals surface area contributed by atoms with Crippen molar-refractivity contribution in [2.45, 2.75) is 20.0 Å². The van der Waals surface area contributed by atoms with E-state index in [-0.39, 0.29) is 5.91 Å². The number of nitrogens with zero attached hydrogens (tertiary/aromatic N) is 3. The third-order valence-electron chi connectivity index (χ3n) is 5.07. The maximum absolute atomic E-state index is 11.8. The molecule has 2 aromatic rings. The van der Waals surface area contributed by atoms with E-state index in [4.69, 9.17) is 0 Å². The molecule has 2 fully saturated rings. The number of likely N-dealkylation sites (tertiary alicyclic amines) is 1. The lowest BCUT2D eigenvalue weighted by molar-refractivity contribution is -0.138. The summed E-state index contributed by atoms with van der Waals surface area (Å²) in [5.41, 5.74) is 0.852. The van der Waals surface area contributed by atoms with E-state index < -0.39 is 6.10 Å². The molecule has 122 valence electrons. The maximum atomic E-state index is 11.8. The van der Waals surface area contributed by atoms with Gasteiger partial charge in [0.2, 0.25) is 0 Å². The predicted molar refractivity (Wildman–Crippen MR) is 85.8 cm³/mol. The first-order chi connectivity index (χ1) is 11.0. The van der Waals surface area contributed by atoms with Crippen molar-refractivity contribution in [3.8, 4) is 0 Å². The number of anilines is 1. The van der Waals surface area contributed by atoms with E-state index in [9.17, 15) is 9.90 Å². The molecule has 1 amide bonds. The first kappa shape index (κ1) is 14.4. The number of aliphatic hydroxyl groups is 1. The number of H-pyrrole nitrogens is 1. The first-order valence-corrected chi connectivity index (χ1v) is 8.07. The first-order valence-electron chi connectivity index (χ1n) is 8.07. The number of aliphatic hydroxyl groups excluding tert-OH is 1. The Bertz CT molecular complexity index is 744. The summed E-state index contributed by atoms with van der Waals surface area (Å²) in [5, 5.41) is 13.8. The summed E-state index contributed by atoms with van der Waals surface area (Å²) < 4.78 is 0. The second-order valence-corrected chi connectivity index (χ2v) is 6.65. The zero-order valence-corrected chi connectivity index (χ0v) is 13.3. The number of fused-ring (bicyclic) bond motifs is 2. The van der Waals surface area contributed by atoms with Gasteiger partial charge < -0.3 is 20.3 Å². The van der Waals surface area contributed by atoms with Crippen LogP contribution in [0.4, 0.5) is 5.82 Å². The average molecular weight is 315 g/mol. The van der Waals surface area contributed by atoms with Crippen molar-refractivity contribution < 1.29 is 9.90 Å². The fourth-order valence-electron chi connectivity index (χ4n) is 3.80. The molecule has 7 nitrogen and oxygen atoms in total. The van der Waals surface area contributed by atoms with Crippen molar-refractivity contribution in [2.24, 2.45) is 17.8 Å². The SMILES string of the molecule is Cc1nc(NC[C@H]2[C@H]3CN(C(=O)[C@H](C)O)C[C@@H]23)c2cc[nH]c2n1. The fourth-order valence-corrected chi connectivity index (χ4v) is 3.80. The predicted octanol–water partition coefficient (Wildman–Crippen LogP) is 0.763. The van der Waals surface area contributed by atoms with Crippen LogP contribution in [0, 0.1) is 24.7 Å². The Morgan fingerprint density at radius 3 is 2.91 bits per heavy atom. The molecule has 1 saturated heterocycles. The second-order valence-electron chi connectivity index (χ2n) is 6.65. The molecule has 2 aliphatic rings. The molecule has 23 heavy (non-hydrogen) atoms. The third kappa shape index (κ3) is 2.45. The van der Waals surface area contributed by atoms with E-state index in [0.29, 0.717) is 17.8 Å². The number of piperidine rings is 1. The van der Waals surface area contributed by atoms with Gasteiger partial charge in [-0.3, -0.25) is 4.79 Å². The molecule has 0 bridgehead atoms. The number of carbonyl (C=O) groups excluding carboxylic acids is 1. The normalized spacial score (nSPS) is 27.1. The van der Waals surface area contributed by atoms with Crippen LogP contribution >= 0.6 is 0 Å². The second kappa shape index (κ2) is 5.19.